The fourth-order valence-corrected chi connectivity index (χ4v) is 3.15. The predicted octanol–water partition coefficient (Wildman–Crippen LogP) is 2.62. The van der Waals surface area contributed by atoms with Crippen LogP contribution in [0, 0.1) is 0 Å². The topological polar surface area (TPSA) is 71.5 Å². The molecule has 0 aromatic carbocycles. The summed E-state index contributed by atoms with van der Waals surface area (Å²) in [5, 5.41) is 5.78. The standard InChI is InChI=1S/C15H23N3O3S/c1-4-21-15(20)18-7-5-11(6-8-18)16-13(19)12-9-22-14(17-12)10(2)3/h9-11H,4-8H2,1-3H3,(H,16,19). The Bertz CT molecular complexity index is 522. The van der Waals surface area contributed by atoms with Crippen LogP contribution < -0.4 is 5.32 Å². The van der Waals surface area contributed by atoms with E-state index < -0.39 is 0 Å². The van der Waals surface area contributed by atoms with E-state index in [0.29, 0.717) is 31.3 Å². The minimum atomic E-state index is -0.270. The molecule has 0 bridgehead atoms. The van der Waals surface area contributed by atoms with Crippen LogP contribution >= 0.6 is 11.3 Å². The smallest absolute Gasteiger partial charge is 0.409 e. The summed E-state index contributed by atoms with van der Waals surface area (Å²) in [6.07, 6.45) is 1.21. The molecule has 0 radical (unpaired) electrons. The van der Waals surface area contributed by atoms with Gasteiger partial charge in [0.25, 0.3) is 5.91 Å². The first-order valence-corrected chi connectivity index (χ1v) is 8.57. The van der Waals surface area contributed by atoms with Gasteiger partial charge in [-0.2, -0.15) is 0 Å². The highest BCUT2D eigenvalue weighted by Gasteiger charge is 2.25. The van der Waals surface area contributed by atoms with Crippen LogP contribution in [0.2, 0.25) is 0 Å². The van der Waals surface area contributed by atoms with Crippen LogP contribution in [0.25, 0.3) is 0 Å². The molecule has 2 heterocycles. The molecule has 1 saturated heterocycles. The largest absolute Gasteiger partial charge is 0.450 e. The zero-order valence-electron chi connectivity index (χ0n) is 13.3. The Labute approximate surface area is 134 Å². The van der Waals surface area contributed by atoms with E-state index in [2.05, 4.69) is 24.1 Å². The summed E-state index contributed by atoms with van der Waals surface area (Å²) in [7, 11) is 0. The van der Waals surface area contributed by atoms with E-state index >= 15 is 0 Å². The molecule has 0 aliphatic carbocycles. The highest BCUT2D eigenvalue weighted by molar-refractivity contribution is 7.09. The lowest BCUT2D eigenvalue weighted by Gasteiger charge is -2.31. The van der Waals surface area contributed by atoms with Gasteiger partial charge in [0.15, 0.2) is 0 Å². The lowest BCUT2D eigenvalue weighted by molar-refractivity contribution is 0.0857. The van der Waals surface area contributed by atoms with Gasteiger partial charge in [-0.1, -0.05) is 13.8 Å². The second-order valence-electron chi connectivity index (χ2n) is 5.66. The van der Waals surface area contributed by atoms with Crippen molar-refractivity contribution in [3.05, 3.63) is 16.1 Å². The highest BCUT2D eigenvalue weighted by Crippen LogP contribution is 2.19. The zero-order chi connectivity index (χ0) is 16.1. The number of rotatable bonds is 4. The summed E-state index contributed by atoms with van der Waals surface area (Å²) in [5.41, 5.74) is 0.488. The molecule has 1 N–H and O–H groups in total. The number of nitrogens with one attached hydrogen (secondary N) is 1. The first-order valence-electron chi connectivity index (χ1n) is 7.69. The number of thiazole rings is 1. The Morgan fingerprint density at radius 1 is 1.45 bits per heavy atom. The second kappa shape index (κ2) is 7.58. The van der Waals surface area contributed by atoms with Crippen molar-refractivity contribution in [2.24, 2.45) is 0 Å². The van der Waals surface area contributed by atoms with Crippen LogP contribution in [0.4, 0.5) is 4.79 Å². The lowest BCUT2D eigenvalue weighted by Crippen LogP contribution is -2.46. The normalized spacial score (nSPS) is 15.9. The second-order valence-corrected chi connectivity index (χ2v) is 6.55. The molecule has 0 saturated carbocycles. The number of hydrogen-bond acceptors (Lipinski definition) is 5. The van der Waals surface area contributed by atoms with Crippen molar-refractivity contribution in [2.75, 3.05) is 19.7 Å². The molecule has 1 aromatic heterocycles. The van der Waals surface area contributed by atoms with E-state index in [-0.39, 0.29) is 18.0 Å². The Kier molecular flexibility index (Phi) is 5.76. The molecule has 0 unspecified atom stereocenters. The molecular formula is C15H23N3O3S. The van der Waals surface area contributed by atoms with Gasteiger partial charge in [0, 0.05) is 30.4 Å². The summed E-state index contributed by atoms with van der Waals surface area (Å²) in [6, 6.07) is 0.0855. The summed E-state index contributed by atoms with van der Waals surface area (Å²) >= 11 is 1.52. The number of carbonyl (C=O) groups is 2. The van der Waals surface area contributed by atoms with Gasteiger partial charge in [-0.25, -0.2) is 9.78 Å². The molecule has 1 aliphatic rings. The number of aromatic nitrogens is 1. The van der Waals surface area contributed by atoms with Crippen LogP contribution in [0.3, 0.4) is 0 Å². The highest BCUT2D eigenvalue weighted by atomic mass is 32.1. The van der Waals surface area contributed by atoms with E-state index in [1.54, 1.807) is 17.2 Å². The molecular weight excluding hydrogens is 302 g/mol. The Morgan fingerprint density at radius 2 is 2.14 bits per heavy atom. The Morgan fingerprint density at radius 3 is 2.68 bits per heavy atom. The summed E-state index contributed by atoms with van der Waals surface area (Å²) < 4.78 is 4.98. The maximum atomic E-state index is 12.2. The van der Waals surface area contributed by atoms with Gasteiger partial charge in [0.2, 0.25) is 0 Å². The minimum Gasteiger partial charge on any atom is -0.450 e. The van der Waals surface area contributed by atoms with Crippen LogP contribution in [0.5, 0.6) is 0 Å². The van der Waals surface area contributed by atoms with Crippen molar-refractivity contribution in [1.29, 1.82) is 0 Å². The van der Waals surface area contributed by atoms with Crippen molar-refractivity contribution in [1.82, 2.24) is 15.2 Å². The summed E-state index contributed by atoms with van der Waals surface area (Å²) in [4.78, 5) is 29.9. The van der Waals surface area contributed by atoms with E-state index in [4.69, 9.17) is 4.74 Å². The van der Waals surface area contributed by atoms with Crippen molar-refractivity contribution in [3.63, 3.8) is 0 Å². The van der Waals surface area contributed by atoms with Gasteiger partial charge in [-0.05, 0) is 19.8 Å². The van der Waals surface area contributed by atoms with E-state index in [0.717, 1.165) is 17.8 Å². The quantitative estimate of drug-likeness (QED) is 0.923. The number of nitrogens with zero attached hydrogens (tertiary/aromatic N) is 2. The van der Waals surface area contributed by atoms with Gasteiger partial charge >= 0.3 is 6.09 Å². The van der Waals surface area contributed by atoms with Crippen molar-refractivity contribution < 1.29 is 14.3 Å². The number of amides is 2. The first-order chi connectivity index (χ1) is 10.5. The van der Waals surface area contributed by atoms with Crippen molar-refractivity contribution >= 4 is 23.3 Å². The molecule has 22 heavy (non-hydrogen) atoms. The molecule has 0 atom stereocenters. The first kappa shape index (κ1) is 16.7. The van der Waals surface area contributed by atoms with Crippen LogP contribution in [-0.4, -0.2) is 47.6 Å². The third kappa shape index (κ3) is 4.19. The van der Waals surface area contributed by atoms with Crippen LogP contribution in [0.1, 0.15) is 55.0 Å². The van der Waals surface area contributed by atoms with Crippen molar-refractivity contribution in [2.45, 2.75) is 45.6 Å². The van der Waals surface area contributed by atoms with E-state index in [1.165, 1.54) is 11.3 Å². The van der Waals surface area contributed by atoms with Crippen LogP contribution in [0.15, 0.2) is 5.38 Å². The average Bonchev–Trinajstić information content (AvgIpc) is 2.98. The van der Waals surface area contributed by atoms with Gasteiger partial charge in [0.05, 0.1) is 11.6 Å². The van der Waals surface area contributed by atoms with E-state index in [9.17, 15) is 9.59 Å². The van der Waals surface area contributed by atoms with Crippen LogP contribution in [-0.2, 0) is 4.74 Å². The maximum Gasteiger partial charge on any atom is 0.409 e. The third-order valence-electron chi connectivity index (χ3n) is 3.60. The number of carbonyl (C=O) groups excluding carboxylic acids is 2. The molecule has 7 heteroatoms. The Hall–Kier alpha value is -1.63. The fourth-order valence-electron chi connectivity index (χ4n) is 2.34. The lowest BCUT2D eigenvalue weighted by atomic mass is 10.1. The molecule has 1 fully saturated rings. The van der Waals surface area contributed by atoms with Gasteiger partial charge < -0.3 is 15.0 Å². The van der Waals surface area contributed by atoms with Gasteiger partial charge in [-0.15, -0.1) is 11.3 Å². The summed E-state index contributed by atoms with van der Waals surface area (Å²) in [6.45, 7) is 7.52. The summed E-state index contributed by atoms with van der Waals surface area (Å²) in [5.74, 6) is 0.206. The molecule has 2 rings (SSSR count). The molecule has 6 nitrogen and oxygen atoms in total. The molecule has 122 valence electrons. The van der Waals surface area contributed by atoms with E-state index in [1.807, 2.05) is 0 Å². The minimum absolute atomic E-state index is 0.0855. The predicted molar refractivity (Wildman–Crippen MR) is 85.3 cm³/mol. The third-order valence-corrected chi connectivity index (χ3v) is 4.75. The molecule has 2 amide bonds. The monoisotopic (exact) mass is 325 g/mol. The molecule has 0 spiro atoms. The maximum absolute atomic E-state index is 12.2. The zero-order valence-corrected chi connectivity index (χ0v) is 14.1. The van der Waals surface area contributed by atoms with Gasteiger partial charge in [-0.3, -0.25) is 4.79 Å². The number of hydrogen-bond donors (Lipinski definition) is 1. The number of piperidine rings is 1. The molecule has 1 aromatic rings. The Balaban J connectivity index is 1.82. The van der Waals surface area contributed by atoms with Crippen molar-refractivity contribution in [3.8, 4) is 0 Å². The molecule has 1 aliphatic heterocycles. The average molecular weight is 325 g/mol. The SMILES string of the molecule is CCOC(=O)N1CCC(NC(=O)c2csc(C(C)C)n2)CC1. The van der Waals surface area contributed by atoms with Gasteiger partial charge in [0.1, 0.15) is 5.69 Å². The number of likely N-dealkylation sites (tertiary alicyclic amines) is 1. The number of ether oxygens (including phenoxy) is 1. The fraction of sp³-hybridized carbons (Fsp3) is 0.667.